The van der Waals surface area contributed by atoms with Crippen molar-refractivity contribution in [3.63, 3.8) is 0 Å². The van der Waals surface area contributed by atoms with E-state index in [1.54, 1.807) is 24.3 Å². The summed E-state index contributed by atoms with van der Waals surface area (Å²) >= 11 is 5.96. The summed E-state index contributed by atoms with van der Waals surface area (Å²) in [5.41, 5.74) is 5.93. The fraction of sp³-hybridized carbons (Fsp3) is 0.500. The molecule has 0 bridgehead atoms. The third kappa shape index (κ3) is 2.49. The average molecular weight is 274 g/mol. The van der Waals surface area contributed by atoms with Crippen molar-refractivity contribution >= 4 is 21.4 Å². The van der Waals surface area contributed by atoms with Crippen LogP contribution in [-0.2, 0) is 9.84 Å². The molecule has 0 saturated heterocycles. The molecule has 2 rings (SSSR count). The molecule has 0 aliphatic heterocycles. The van der Waals surface area contributed by atoms with Crippen LogP contribution in [0.15, 0.2) is 29.2 Å². The molecule has 1 aliphatic carbocycles. The van der Waals surface area contributed by atoms with Crippen LogP contribution in [0.1, 0.15) is 25.7 Å². The monoisotopic (exact) mass is 273 g/mol. The molecule has 5 heteroatoms. The van der Waals surface area contributed by atoms with E-state index in [0.29, 0.717) is 6.42 Å². The Bertz CT molecular complexity index is 501. The lowest BCUT2D eigenvalue weighted by Gasteiger charge is -2.28. The van der Waals surface area contributed by atoms with Gasteiger partial charge in [-0.3, -0.25) is 0 Å². The van der Waals surface area contributed by atoms with Crippen LogP contribution in [0.25, 0.3) is 0 Å². The van der Waals surface area contributed by atoms with E-state index in [0.717, 1.165) is 19.3 Å². The van der Waals surface area contributed by atoms with E-state index in [1.165, 1.54) is 0 Å². The second kappa shape index (κ2) is 4.96. The molecule has 0 heterocycles. The van der Waals surface area contributed by atoms with Gasteiger partial charge in [0.05, 0.1) is 15.2 Å². The first-order valence-corrected chi connectivity index (χ1v) is 7.70. The highest BCUT2D eigenvalue weighted by atomic mass is 35.5. The van der Waals surface area contributed by atoms with Crippen molar-refractivity contribution in [3.8, 4) is 0 Å². The Hall–Kier alpha value is -0.580. The summed E-state index contributed by atoms with van der Waals surface area (Å²) in [5, 5.41) is -0.207. The Kier molecular flexibility index (Phi) is 3.76. The lowest BCUT2D eigenvalue weighted by atomic mass is 9.96. The Balaban J connectivity index is 2.39. The molecule has 2 N–H and O–H groups in total. The molecular weight excluding hydrogens is 258 g/mol. The maximum atomic E-state index is 12.5. The van der Waals surface area contributed by atoms with Gasteiger partial charge in [-0.05, 0) is 25.0 Å². The Labute approximate surface area is 107 Å². The molecule has 1 aromatic rings. The molecule has 1 aromatic carbocycles. The summed E-state index contributed by atoms with van der Waals surface area (Å²) in [5.74, 6) is 0. The first-order chi connectivity index (χ1) is 8.03. The van der Waals surface area contributed by atoms with Crippen molar-refractivity contribution in [2.45, 2.75) is 41.9 Å². The molecule has 0 amide bonds. The molecule has 2 unspecified atom stereocenters. The van der Waals surface area contributed by atoms with E-state index in [2.05, 4.69) is 0 Å². The number of sulfone groups is 1. The molecule has 0 radical (unpaired) electrons. The second-order valence-corrected chi connectivity index (χ2v) is 7.00. The molecule has 17 heavy (non-hydrogen) atoms. The maximum absolute atomic E-state index is 12.5. The van der Waals surface area contributed by atoms with Gasteiger partial charge < -0.3 is 5.73 Å². The number of nitrogens with two attached hydrogens (primary N) is 1. The number of hydrogen-bond donors (Lipinski definition) is 1. The SMILES string of the molecule is NC1CCCCC1S(=O)(=O)c1ccccc1Cl. The zero-order valence-electron chi connectivity index (χ0n) is 9.47. The van der Waals surface area contributed by atoms with E-state index in [4.69, 9.17) is 17.3 Å². The predicted molar refractivity (Wildman–Crippen MR) is 68.9 cm³/mol. The fourth-order valence-electron chi connectivity index (χ4n) is 2.35. The van der Waals surface area contributed by atoms with Gasteiger partial charge in [-0.25, -0.2) is 8.42 Å². The minimum Gasteiger partial charge on any atom is -0.327 e. The first kappa shape index (κ1) is 12.9. The predicted octanol–water partition coefficient (Wildman–Crippen LogP) is 2.38. The maximum Gasteiger partial charge on any atom is 0.184 e. The summed E-state index contributed by atoms with van der Waals surface area (Å²) in [6, 6.07) is 6.29. The van der Waals surface area contributed by atoms with Gasteiger partial charge in [0.2, 0.25) is 0 Å². The fourth-order valence-corrected chi connectivity index (χ4v) is 4.82. The molecule has 1 saturated carbocycles. The van der Waals surface area contributed by atoms with Gasteiger partial charge in [0, 0.05) is 6.04 Å². The summed E-state index contributed by atoms with van der Waals surface area (Å²) in [4.78, 5) is 0.212. The standard InChI is InChI=1S/C12H16ClNO2S/c13-9-5-1-3-7-11(9)17(15,16)12-8-4-2-6-10(12)14/h1,3,5,7,10,12H,2,4,6,8,14H2. The van der Waals surface area contributed by atoms with Crippen LogP contribution in [0.2, 0.25) is 5.02 Å². The number of halogens is 1. The van der Waals surface area contributed by atoms with Gasteiger partial charge in [-0.1, -0.05) is 36.6 Å². The summed E-state index contributed by atoms with van der Waals surface area (Å²) in [7, 11) is -3.40. The van der Waals surface area contributed by atoms with Gasteiger partial charge in [-0.2, -0.15) is 0 Å². The lowest BCUT2D eigenvalue weighted by molar-refractivity contribution is 0.432. The van der Waals surface area contributed by atoms with E-state index in [9.17, 15) is 8.42 Å². The van der Waals surface area contributed by atoms with Crippen LogP contribution >= 0.6 is 11.6 Å². The quantitative estimate of drug-likeness (QED) is 0.900. The normalized spacial score (nSPS) is 25.8. The van der Waals surface area contributed by atoms with Crippen molar-refractivity contribution in [2.24, 2.45) is 5.73 Å². The van der Waals surface area contributed by atoms with Gasteiger partial charge >= 0.3 is 0 Å². The molecule has 94 valence electrons. The third-order valence-corrected chi connectivity index (χ3v) is 6.09. The zero-order valence-corrected chi connectivity index (χ0v) is 11.0. The van der Waals surface area contributed by atoms with E-state index < -0.39 is 15.1 Å². The summed E-state index contributed by atoms with van der Waals surface area (Å²) in [6.45, 7) is 0. The van der Waals surface area contributed by atoms with E-state index >= 15 is 0 Å². The minimum atomic E-state index is -3.40. The molecule has 0 spiro atoms. The van der Waals surface area contributed by atoms with E-state index in [-0.39, 0.29) is 16.0 Å². The van der Waals surface area contributed by atoms with Crippen molar-refractivity contribution in [2.75, 3.05) is 0 Å². The average Bonchev–Trinajstić information content (AvgIpc) is 2.29. The number of rotatable bonds is 2. The molecule has 0 aromatic heterocycles. The summed E-state index contributed by atoms with van der Waals surface area (Å²) < 4.78 is 24.9. The van der Waals surface area contributed by atoms with Crippen LogP contribution in [0.5, 0.6) is 0 Å². The van der Waals surface area contributed by atoms with Crippen LogP contribution in [-0.4, -0.2) is 19.7 Å². The highest BCUT2D eigenvalue weighted by molar-refractivity contribution is 7.92. The topological polar surface area (TPSA) is 60.2 Å². The molecule has 2 atom stereocenters. The Morgan fingerprint density at radius 1 is 1.18 bits per heavy atom. The van der Waals surface area contributed by atoms with Crippen molar-refractivity contribution in [3.05, 3.63) is 29.3 Å². The smallest absolute Gasteiger partial charge is 0.184 e. The minimum absolute atomic E-state index is 0.212. The van der Waals surface area contributed by atoms with Crippen molar-refractivity contribution < 1.29 is 8.42 Å². The van der Waals surface area contributed by atoms with Gasteiger partial charge in [0.25, 0.3) is 0 Å². The van der Waals surface area contributed by atoms with Gasteiger partial charge in [0.1, 0.15) is 0 Å². The van der Waals surface area contributed by atoms with Crippen molar-refractivity contribution in [1.29, 1.82) is 0 Å². The van der Waals surface area contributed by atoms with Gasteiger partial charge in [0.15, 0.2) is 9.84 Å². The first-order valence-electron chi connectivity index (χ1n) is 5.77. The lowest BCUT2D eigenvalue weighted by Crippen LogP contribution is -2.42. The number of hydrogen-bond acceptors (Lipinski definition) is 3. The number of benzene rings is 1. The van der Waals surface area contributed by atoms with Crippen molar-refractivity contribution in [1.82, 2.24) is 0 Å². The molecule has 3 nitrogen and oxygen atoms in total. The van der Waals surface area contributed by atoms with Crippen LogP contribution < -0.4 is 5.73 Å². The van der Waals surface area contributed by atoms with Crippen LogP contribution in [0.4, 0.5) is 0 Å². The Morgan fingerprint density at radius 2 is 1.82 bits per heavy atom. The van der Waals surface area contributed by atoms with Crippen LogP contribution in [0.3, 0.4) is 0 Å². The summed E-state index contributed by atoms with van der Waals surface area (Å²) in [6.07, 6.45) is 3.33. The van der Waals surface area contributed by atoms with Crippen LogP contribution in [0, 0.1) is 0 Å². The highest BCUT2D eigenvalue weighted by Crippen LogP contribution is 2.31. The highest BCUT2D eigenvalue weighted by Gasteiger charge is 2.35. The van der Waals surface area contributed by atoms with Gasteiger partial charge in [-0.15, -0.1) is 0 Å². The Morgan fingerprint density at radius 3 is 2.47 bits per heavy atom. The third-order valence-electron chi connectivity index (χ3n) is 3.30. The zero-order chi connectivity index (χ0) is 12.5. The molecule has 1 fully saturated rings. The molecule has 1 aliphatic rings. The largest absolute Gasteiger partial charge is 0.327 e. The molecular formula is C12H16ClNO2S. The second-order valence-electron chi connectivity index (χ2n) is 4.46. The van der Waals surface area contributed by atoms with E-state index in [1.807, 2.05) is 0 Å².